The summed E-state index contributed by atoms with van der Waals surface area (Å²) in [7, 11) is 0. The fourth-order valence-corrected chi connectivity index (χ4v) is 4.13. The van der Waals surface area contributed by atoms with Gasteiger partial charge in [-0.05, 0) is 45.2 Å². The van der Waals surface area contributed by atoms with Crippen molar-refractivity contribution in [2.75, 3.05) is 13.1 Å². The molecule has 0 atom stereocenters. The molecule has 1 saturated heterocycles. The molecular weight excluding hydrogens is 402 g/mol. The molecule has 1 N–H and O–H groups in total. The van der Waals surface area contributed by atoms with Gasteiger partial charge in [-0.2, -0.15) is 0 Å². The summed E-state index contributed by atoms with van der Waals surface area (Å²) >= 11 is 0. The van der Waals surface area contributed by atoms with E-state index in [4.69, 9.17) is 4.74 Å². The molecule has 6 heteroatoms. The second-order valence-electron chi connectivity index (χ2n) is 9.39. The van der Waals surface area contributed by atoms with Crippen molar-refractivity contribution in [3.05, 3.63) is 71.9 Å². The van der Waals surface area contributed by atoms with Crippen molar-refractivity contribution in [1.29, 1.82) is 0 Å². The van der Waals surface area contributed by atoms with Crippen LogP contribution in [0.15, 0.2) is 60.8 Å². The molecule has 4 rings (SSSR count). The van der Waals surface area contributed by atoms with Crippen LogP contribution in [-0.2, 0) is 11.3 Å². The largest absolute Gasteiger partial charge is 0.444 e. The summed E-state index contributed by atoms with van der Waals surface area (Å²) in [5.74, 6) is -0.0660. The number of fused-ring (bicyclic) bond motifs is 1. The Balaban J connectivity index is 1.43. The molecular formula is C26H31N3O3. The summed E-state index contributed by atoms with van der Waals surface area (Å²) in [5, 5.41) is 4.13. The number of hydrogen-bond acceptors (Lipinski definition) is 3. The Kier molecular flexibility index (Phi) is 6.21. The number of amides is 2. The van der Waals surface area contributed by atoms with E-state index in [9.17, 15) is 9.59 Å². The summed E-state index contributed by atoms with van der Waals surface area (Å²) in [6.45, 7) is 7.47. The molecule has 1 fully saturated rings. The lowest BCUT2D eigenvalue weighted by Crippen LogP contribution is -2.47. The van der Waals surface area contributed by atoms with Crippen LogP contribution in [0.2, 0.25) is 0 Å². The van der Waals surface area contributed by atoms with Crippen LogP contribution in [0.5, 0.6) is 0 Å². The van der Waals surface area contributed by atoms with Crippen LogP contribution in [0, 0.1) is 0 Å². The summed E-state index contributed by atoms with van der Waals surface area (Å²) in [4.78, 5) is 27.2. The normalized spacial score (nSPS) is 15.0. The summed E-state index contributed by atoms with van der Waals surface area (Å²) in [6, 6.07) is 18.3. The molecule has 1 aromatic heterocycles. The van der Waals surface area contributed by atoms with Crippen molar-refractivity contribution in [2.24, 2.45) is 0 Å². The fraction of sp³-hybridized carbons (Fsp3) is 0.385. The number of rotatable bonds is 4. The minimum atomic E-state index is -0.504. The van der Waals surface area contributed by atoms with Gasteiger partial charge in [-0.3, -0.25) is 4.79 Å². The maximum Gasteiger partial charge on any atom is 0.410 e. The molecule has 0 spiro atoms. The Morgan fingerprint density at radius 3 is 2.34 bits per heavy atom. The molecule has 0 saturated carbocycles. The highest BCUT2D eigenvalue weighted by Gasteiger charge is 2.28. The van der Waals surface area contributed by atoms with Crippen molar-refractivity contribution in [2.45, 2.75) is 51.8 Å². The van der Waals surface area contributed by atoms with Crippen molar-refractivity contribution in [3.8, 4) is 0 Å². The molecule has 2 heterocycles. The quantitative estimate of drug-likeness (QED) is 0.642. The molecule has 1 aliphatic rings. The predicted octanol–water partition coefficient (Wildman–Crippen LogP) is 4.82. The van der Waals surface area contributed by atoms with Gasteiger partial charge in [0, 0.05) is 42.8 Å². The van der Waals surface area contributed by atoms with E-state index in [0.29, 0.717) is 38.0 Å². The van der Waals surface area contributed by atoms with E-state index >= 15 is 0 Å². The molecule has 168 valence electrons. The van der Waals surface area contributed by atoms with Crippen LogP contribution in [-0.4, -0.2) is 46.2 Å². The predicted molar refractivity (Wildman–Crippen MR) is 126 cm³/mol. The van der Waals surface area contributed by atoms with E-state index in [1.165, 1.54) is 5.56 Å². The lowest BCUT2D eigenvalue weighted by Gasteiger charge is -2.33. The summed E-state index contributed by atoms with van der Waals surface area (Å²) in [6.07, 6.45) is 3.09. The first-order chi connectivity index (χ1) is 15.3. The number of aromatic nitrogens is 1. The third-order valence-electron chi connectivity index (χ3n) is 5.71. The fourth-order valence-electron chi connectivity index (χ4n) is 4.13. The van der Waals surface area contributed by atoms with Crippen molar-refractivity contribution in [1.82, 2.24) is 14.8 Å². The van der Waals surface area contributed by atoms with Crippen LogP contribution < -0.4 is 5.32 Å². The average molecular weight is 434 g/mol. The first-order valence-electron chi connectivity index (χ1n) is 11.2. The van der Waals surface area contributed by atoms with E-state index in [1.54, 1.807) is 4.90 Å². The lowest BCUT2D eigenvalue weighted by atomic mass is 10.0. The molecule has 0 aliphatic carbocycles. The highest BCUT2D eigenvalue weighted by Crippen LogP contribution is 2.23. The molecule has 6 nitrogen and oxygen atoms in total. The molecule has 2 amide bonds. The van der Waals surface area contributed by atoms with Crippen LogP contribution in [0.4, 0.5) is 4.79 Å². The Labute approximate surface area is 189 Å². The maximum absolute atomic E-state index is 13.2. The maximum atomic E-state index is 13.2. The Bertz CT molecular complexity index is 1090. The minimum Gasteiger partial charge on any atom is -0.444 e. The third-order valence-corrected chi connectivity index (χ3v) is 5.71. The van der Waals surface area contributed by atoms with Gasteiger partial charge in [0.25, 0.3) is 5.91 Å². The molecule has 32 heavy (non-hydrogen) atoms. The smallest absolute Gasteiger partial charge is 0.410 e. The zero-order chi connectivity index (χ0) is 22.7. The monoisotopic (exact) mass is 433 g/mol. The van der Waals surface area contributed by atoms with E-state index in [2.05, 4.69) is 22.0 Å². The third kappa shape index (κ3) is 5.13. The number of carbonyl (C=O) groups is 2. The van der Waals surface area contributed by atoms with Gasteiger partial charge in [0.1, 0.15) is 5.60 Å². The van der Waals surface area contributed by atoms with Crippen LogP contribution in [0.1, 0.15) is 49.5 Å². The van der Waals surface area contributed by atoms with Gasteiger partial charge in [0.15, 0.2) is 0 Å². The number of para-hydroxylation sites is 1. The summed E-state index contributed by atoms with van der Waals surface area (Å²) < 4.78 is 7.59. The van der Waals surface area contributed by atoms with Crippen LogP contribution >= 0.6 is 0 Å². The standard InChI is InChI=1S/C26H31N3O3/c1-26(2,3)32-25(31)28-15-13-20(14-16-28)27-24(30)22-18-29(17-19-9-5-4-6-10-19)23-12-8-7-11-21(22)23/h4-12,18,20H,13-17H2,1-3H3,(H,27,30). The topological polar surface area (TPSA) is 63.6 Å². The molecule has 0 bridgehead atoms. The number of nitrogens with one attached hydrogen (secondary N) is 1. The second kappa shape index (κ2) is 9.07. The Morgan fingerprint density at radius 1 is 1.00 bits per heavy atom. The minimum absolute atomic E-state index is 0.0393. The van der Waals surface area contributed by atoms with Gasteiger partial charge < -0.3 is 19.5 Å². The van der Waals surface area contributed by atoms with Gasteiger partial charge in [-0.1, -0.05) is 48.5 Å². The van der Waals surface area contributed by atoms with Crippen molar-refractivity contribution in [3.63, 3.8) is 0 Å². The number of carbonyl (C=O) groups excluding carboxylic acids is 2. The SMILES string of the molecule is CC(C)(C)OC(=O)N1CCC(NC(=O)c2cn(Cc3ccccc3)c3ccccc23)CC1. The molecule has 3 aromatic rings. The van der Waals surface area contributed by atoms with Gasteiger partial charge in [-0.25, -0.2) is 4.79 Å². The highest BCUT2D eigenvalue weighted by atomic mass is 16.6. The number of piperidine rings is 1. The molecule has 0 unspecified atom stereocenters. The number of likely N-dealkylation sites (tertiary alicyclic amines) is 1. The van der Waals surface area contributed by atoms with Gasteiger partial charge >= 0.3 is 6.09 Å². The molecule has 1 aliphatic heterocycles. The summed E-state index contributed by atoms with van der Waals surface area (Å²) in [5.41, 5.74) is 2.41. The first kappa shape index (κ1) is 21.9. The lowest BCUT2D eigenvalue weighted by molar-refractivity contribution is 0.0199. The average Bonchev–Trinajstić information content (AvgIpc) is 3.12. The Morgan fingerprint density at radius 2 is 1.66 bits per heavy atom. The van der Waals surface area contributed by atoms with E-state index in [-0.39, 0.29) is 18.0 Å². The first-order valence-corrected chi connectivity index (χ1v) is 11.2. The molecule has 2 aromatic carbocycles. The zero-order valence-electron chi connectivity index (χ0n) is 19.0. The van der Waals surface area contributed by atoms with Gasteiger partial charge in [0.05, 0.1) is 5.56 Å². The van der Waals surface area contributed by atoms with E-state index < -0.39 is 5.60 Å². The number of nitrogens with zero attached hydrogens (tertiary/aromatic N) is 2. The zero-order valence-corrected chi connectivity index (χ0v) is 19.0. The highest BCUT2D eigenvalue weighted by molar-refractivity contribution is 6.07. The van der Waals surface area contributed by atoms with E-state index in [1.807, 2.05) is 69.4 Å². The Hall–Kier alpha value is -3.28. The second-order valence-corrected chi connectivity index (χ2v) is 9.39. The molecule has 0 radical (unpaired) electrons. The van der Waals surface area contributed by atoms with Gasteiger partial charge in [0.2, 0.25) is 0 Å². The number of ether oxygens (including phenoxy) is 1. The van der Waals surface area contributed by atoms with Gasteiger partial charge in [-0.15, -0.1) is 0 Å². The van der Waals surface area contributed by atoms with E-state index in [0.717, 1.165) is 10.9 Å². The van der Waals surface area contributed by atoms with Crippen molar-refractivity contribution >= 4 is 22.9 Å². The van der Waals surface area contributed by atoms with Crippen molar-refractivity contribution < 1.29 is 14.3 Å². The number of benzene rings is 2. The van der Waals surface area contributed by atoms with Crippen LogP contribution in [0.3, 0.4) is 0 Å². The number of hydrogen-bond donors (Lipinski definition) is 1. The van der Waals surface area contributed by atoms with Crippen LogP contribution in [0.25, 0.3) is 10.9 Å².